The molecule has 2 amide bonds. The molecule has 1 aromatic carbocycles. The monoisotopic (exact) mass is 459 g/mol. The van der Waals surface area contributed by atoms with Crippen LogP contribution in [0.1, 0.15) is 41.6 Å². The molecule has 0 radical (unpaired) electrons. The maximum Gasteiger partial charge on any atom is 0.251 e. The Morgan fingerprint density at radius 1 is 1.06 bits per heavy atom. The summed E-state index contributed by atoms with van der Waals surface area (Å²) >= 11 is 0. The zero-order valence-corrected chi connectivity index (χ0v) is 19.4. The first-order chi connectivity index (χ1) is 16.5. The number of carbonyl (C=O) groups excluding carboxylic acids is 2. The molecule has 0 saturated heterocycles. The lowest BCUT2D eigenvalue weighted by Gasteiger charge is -2.19. The van der Waals surface area contributed by atoms with Crippen LogP contribution in [-0.4, -0.2) is 34.9 Å². The number of carbonyl (C=O) groups is 2. The van der Waals surface area contributed by atoms with Gasteiger partial charge in [0, 0.05) is 35.4 Å². The van der Waals surface area contributed by atoms with Crippen molar-refractivity contribution in [3.05, 3.63) is 72.2 Å². The van der Waals surface area contributed by atoms with Crippen LogP contribution >= 0.6 is 0 Å². The van der Waals surface area contributed by atoms with Gasteiger partial charge in [-0.1, -0.05) is 12.8 Å². The molecule has 8 heteroatoms. The first-order valence-electron chi connectivity index (χ1n) is 11.4. The number of anilines is 3. The fourth-order valence-corrected chi connectivity index (χ4v) is 3.60. The van der Waals surface area contributed by atoms with Crippen LogP contribution in [0, 0.1) is 12.8 Å². The molecule has 176 valence electrons. The number of aryl methyl sites for hydroxylation is 1. The van der Waals surface area contributed by atoms with Gasteiger partial charge in [0.05, 0.1) is 19.0 Å². The van der Waals surface area contributed by atoms with E-state index in [0.29, 0.717) is 29.5 Å². The molecule has 3 N–H and O–H groups in total. The highest BCUT2D eigenvalue weighted by Gasteiger charge is 2.27. The number of methoxy groups -OCH3 is 1. The van der Waals surface area contributed by atoms with Crippen LogP contribution in [0.5, 0.6) is 5.88 Å². The number of rotatable bonds is 10. The van der Waals surface area contributed by atoms with Crippen LogP contribution in [-0.2, 0) is 4.79 Å². The fourth-order valence-electron chi connectivity index (χ4n) is 3.60. The maximum absolute atomic E-state index is 13.0. The molecule has 0 bridgehead atoms. The second-order valence-corrected chi connectivity index (χ2v) is 8.52. The molecule has 0 spiro atoms. The number of amides is 2. The summed E-state index contributed by atoms with van der Waals surface area (Å²) in [5, 5.41) is 9.08. The molecule has 34 heavy (non-hydrogen) atoms. The van der Waals surface area contributed by atoms with Crippen LogP contribution in [0.3, 0.4) is 0 Å². The predicted octanol–water partition coefficient (Wildman–Crippen LogP) is 4.46. The minimum Gasteiger partial charge on any atom is -0.481 e. The zero-order chi connectivity index (χ0) is 23.9. The average Bonchev–Trinajstić information content (AvgIpc) is 3.68. The number of hydrogen-bond acceptors (Lipinski definition) is 6. The second kappa shape index (κ2) is 10.8. The topological polar surface area (TPSA) is 105 Å². The number of ether oxygens (including phenoxy) is 1. The smallest absolute Gasteiger partial charge is 0.251 e. The fraction of sp³-hybridized carbons (Fsp3) is 0.308. The summed E-state index contributed by atoms with van der Waals surface area (Å²) < 4.78 is 5.05. The Labute approximate surface area is 199 Å². The molecule has 2 aromatic heterocycles. The van der Waals surface area contributed by atoms with Crippen LogP contribution < -0.4 is 20.7 Å². The van der Waals surface area contributed by atoms with E-state index in [4.69, 9.17) is 4.74 Å². The summed E-state index contributed by atoms with van der Waals surface area (Å²) in [5.41, 5.74) is 3.89. The molecule has 3 aromatic rings. The van der Waals surface area contributed by atoms with Gasteiger partial charge in [-0.3, -0.25) is 14.6 Å². The van der Waals surface area contributed by atoms with Gasteiger partial charge in [0.2, 0.25) is 11.8 Å². The summed E-state index contributed by atoms with van der Waals surface area (Å²) in [6.45, 7) is 1.98. The van der Waals surface area contributed by atoms with Gasteiger partial charge in [0.15, 0.2) is 0 Å². The Hall–Kier alpha value is -3.94. The highest BCUT2D eigenvalue weighted by atomic mass is 16.5. The molecular formula is C26H29N5O3. The highest BCUT2D eigenvalue weighted by molar-refractivity contribution is 6.01. The average molecular weight is 460 g/mol. The Morgan fingerprint density at radius 2 is 1.82 bits per heavy atom. The van der Waals surface area contributed by atoms with Gasteiger partial charge in [-0.05, 0) is 67.6 Å². The molecule has 1 unspecified atom stereocenters. The Balaban J connectivity index is 1.40. The van der Waals surface area contributed by atoms with Crippen molar-refractivity contribution in [3.8, 4) is 5.88 Å². The van der Waals surface area contributed by atoms with Gasteiger partial charge in [-0.15, -0.1) is 0 Å². The summed E-state index contributed by atoms with van der Waals surface area (Å²) in [4.78, 5) is 34.1. The minimum absolute atomic E-state index is 0.257. The summed E-state index contributed by atoms with van der Waals surface area (Å²) in [7, 11) is 1.53. The Morgan fingerprint density at radius 3 is 2.47 bits per heavy atom. The number of nitrogens with one attached hydrogen (secondary N) is 3. The van der Waals surface area contributed by atoms with Gasteiger partial charge in [0.1, 0.15) is 6.04 Å². The van der Waals surface area contributed by atoms with E-state index in [-0.39, 0.29) is 11.8 Å². The first kappa shape index (κ1) is 23.2. The summed E-state index contributed by atoms with van der Waals surface area (Å²) in [5.74, 6) is 0.577. The molecule has 1 atom stereocenters. The quantitative estimate of drug-likeness (QED) is 0.413. The van der Waals surface area contributed by atoms with E-state index >= 15 is 0 Å². The largest absolute Gasteiger partial charge is 0.481 e. The van der Waals surface area contributed by atoms with Crippen molar-refractivity contribution in [3.63, 3.8) is 0 Å². The van der Waals surface area contributed by atoms with E-state index < -0.39 is 6.04 Å². The van der Waals surface area contributed by atoms with Gasteiger partial charge in [-0.25, -0.2) is 4.98 Å². The molecule has 1 saturated carbocycles. The molecule has 8 nitrogen and oxygen atoms in total. The van der Waals surface area contributed by atoms with Crippen LogP contribution in [0.15, 0.2) is 61.1 Å². The minimum atomic E-state index is -0.632. The second-order valence-electron chi connectivity index (χ2n) is 8.52. The summed E-state index contributed by atoms with van der Waals surface area (Å²) in [6.07, 6.45) is 8.93. The van der Waals surface area contributed by atoms with Crippen molar-refractivity contribution in [1.82, 2.24) is 15.3 Å². The van der Waals surface area contributed by atoms with Crippen LogP contribution in [0.2, 0.25) is 0 Å². The molecule has 0 aliphatic heterocycles. The molecule has 1 aliphatic rings. The third kappa shape index (κ3) is 6.31. The lowest BCUT2D eigenvalue weighted by molar-refractivity contribution is -0.118. The van der Waals surface area contributed by atoms with E-state index in [2.05, 4.69) is 25.9 Å². The lowest BCUT2D eigenvalue weighted by atomic mass is 10.1. The van der Waals surface area contributed by atoms with Gasteiger partial charge in [0.25, 0.3) is 5.91 Å². The SMILES string of the molecule is COc1ccc(NC(=O)C(CCC2CC2)NC(=O)c2ccc(Nc3ccncc3C)cc2)cn1. The van der Waals surface area contributed by atoms with Crippen molar-refractivity contribution in [2.75, 3.05) is 17.7 Å². The molecule has 1 fully saturated rings. The van der Waals surface area contributed by atoms with Crippen molar-refractivity contribution in [2.24, 2.45) is 5.92 Å². The highest BCUT2D eigenvalue weighted by Crippen LogP contribution is 2.34. The van der Waals surface area contributed by atoms with Gasteiger partial charge < -0.3 is 20.7 Å². The third-order valence-electron chi connectivity index (χ3n) is 5.84. The normalized spacial score (nSPS) is 13.6. The van der Waals surface area contributed by atoms with Crippen molar-refractivity contribution >= 4 is 28.9 Å². The van der Waals surface area contributed by atoms with Crippen LogP contribution in [0.25, 0.3) is 0 Å². The first-order valence-corrected chi connectivity index (χ1v) is 11.4. The van der Waals surface area contributed by atoms with Crippen molar-refractivity contribution < 1.29 is 14.3 Å². The van der Waals surface area contributed by atoms with E-state index in [1.165, 1.54) is 26.1 Å². The third-order valence-corrected chi connectivity index (χ3v) is 5.84. The van der Waals surface area contributed by atoms with E-state index in [0.717, 1.165) is 23.4 Å². The molecule has 4 rings (SSSR count). The number of aromatic nitrogens is 2. The summed E-state index contributed by atoms with van der Waals surface area (Å²) in [6, 6.07) is 11.9. The van der Waals surface area contributed by atoms with E-state index in [1.807, 2.05) is 25.1 Å². The van der Waals surface area contributed by atoms with Gasteiger partial charge >= 0.3 is 0 Å². The van der Waals surface area contributed by atoms with Crippen molar-refractivity contribution in [1.29, 1.82) is 0 Å². The Bertz CT molecular complexity index is 1130. The number of nitrogens with zero attached hydrogens (tertiary/aromatic N) is 2. The number of benzene rings is 1. The maximum atomic E-state index is 13.0. The number of hydrogen-bond donors (Lipinski definition) is 3. The molecule has 2 heterocycles. The van der Waals surface area contributed by atoms with E-state index in [1.54, 1.807) is 36.7 Å². The predicted molar refractivity (Wildman–Crippen MR) is 131 cm³/mol. The van der Waals surface area contributed by atoms with Crippen LogP contribution in [0.4, 0.5) is 17.1 Å². The standard InChI is InChI=1S/C26H29N5O3/c1-17-15-27-14-13-22(17)29-20-8-6-19(7-9-20)25(32)31-23(11-5-18-3-4-18)26(33)30-21-10-12-24(34-2)28-16-21/h6-10,12-16,18,23H,3-5,11H2,1-2H3,(H,27,29)(H,30,33)(H,31,32). The molecular weight excluding hydrogens is 430 g/mol. The van der Waals surface area contributed by atoms with Gasteiger partial charge in [-0.2, -0.15) is 0 Å². The zero-order valence-electron chi connectivity index (χ0n) is 19.4. The molecule has 1 aliphatic carbocycles. The Kier molecular flexibility index (Phi) is 7.37. The van der Waals surface area contributed by atoms with Crippen molar-refractivity contribution in [2.45, 2.75) is 38.6 Å². The number of pyridine rings is 2. The van der Waals surface area contributed by atoms with E-state index in [9.17, 15) is 9.59 Å². The lowest BCUT2D eigenvalue weighted by Crippen LogP contribution is -2.43.